The number of alkyl halides is 6. The van der Waals surface area contributed by atoms with Gasteiger partial charge >= 0.3 is 12.4 Å². The molecule has 5 rings (SSSR count). The lowest BCUT2D eigenvalue weighted by molar-refractivity contribution is -0.162. The highest BCUT2D eigenvalue weighted by Crippen LogP contribution is 2.50. The highest BCUT2D eigenvalue weighted by atomic mass is 32.2. The molecule has 0 spiro atoms. The highest BCUT2D eigenvalue weighted by Gasteiger charge is 2.44. The van der Waals surface area contributed by atoms with Crippen molar-refractivity contribution in [2.45, 2.75) is 49.7 Å². The maximum absolute atomic E-state index is 13.4. The van der Waals surface area contributed by atoms with Crippen LogP contribution in [0.5, 0.6) is 0 Å². The van der Waals surface area contributed by atoms with Crippen LogP contribution in [0, 0.1) is 11.8 Å². The molecule has 224 valence electrons. The predicted molar refractivity (Wildman–Crippen MR) is 142 cm³/mol. The summed E-state index contributed by atoms with van der Waals surface area (Å²) in [6.45, 7) is 4.06. The fourth-order valence-corrected chi connectivity index (χ4v) is 6.52. The first-order chi connectivity index (χ1) is 19.6. The topological polar surface area (TPSA) is 84.5 Å². The summed E-state index contributed by atoms with van der Waals surface area (Å²) in [5, 5.41) is 3.42. The third kappa shape index (κ3) is 5.71. The number of anilines is 2. The summed E-state index contributed by atoms with van der Waals surface area (Å²) in [4.78, 5) is 12.0. The summed E-state index contributed by atoms with van der Waals surface area (Å²) in [6.07, 6.45) is -10.5. The van der Waals surface area contributed by atoms with Crippen molar-refractivity contribution in [3.63, 3.8) is 0 Å². The molecule has 1 fully saturated rings. The minimum Gasteiger partial charge on any atom is -0.378 e. The highest BCUT2D eigenvalue weighted by molar-refractivity contribution is 7.92. The molecule has 0 unspecified atom stereocenters. The van der Waals surface area contributed by atoms with E-state index in [1.165, 1.54) is 18.2 Å². The van der Waals surface area contributed by atoms with Gasteiger partial charge in [-0.2, -0.15) is 26.3 Å². The molecule has 13 heteroatoms. The molecule has 0 amide bonds. The predicted octanol–water partition coefficient (Wildman–Crippen LogP) is 7.61. The van der Waals surface area contributed by atoms with E-state index in [1.54, 1.807) is 12.1 Å². The fraction of sp³-hybridized carbons (Fsp3) is 0.345. The number of rotatable bonds is 6. The second-order valence-corrected chi connectivity index (χ2v) is 12.3. The molecule has 3 aromatic rings. The molecule has 3 aromatic carbocycles. The van der Waals surface area contributed by atoms with E-state index in [9.17, 15) is 39.6 Å². The summed E-state index contributed by atoms with van der Waals surface area (Å²) >= 11 is 0. The molecule has 0 saturated carbocycles. The van der Waals surface area contributed by atoms with Crippen molar-refractivity contribution in [3.8, 4) is 0 Å². The van der Waals surface area contributed by atoms with Gasteiger partial charge in [0.2, 0.25) is 0 Å². The fourth-order valence-electron chi connectivity index (χ4n) is 5.44. The van der Waals surface area contributed by atoms with E-state index in [1.807, 2.05) is 30.7 Å². The Morgan fingerprint density at radius 1 is 0.929 bits per heavy atom. The van der Waals surface area contributed by atoms with E-state index < -0.39 is 45.3 Å². The van der Waals surface area contributed by atoms with Gasteiger partial charge in [-0.15, -0.1) is 0 Å². The largest absolute Gasteiger partial charge is 0.417 e. The van der Waals surface area contributed by atoms with Crippen molar-refractivity contribution in [2.24, 2.45) is 11.8 Å². The number of sulfonamides is 1. The van der Waals surface area contributed by atoms with Crippen molar-refractivity contribution < 1.29 is 44.3 Å². The number of ether oxygens (including phenoxy) is 1. The Kier molecular flexibility index (Phi) is 7.55. The van der Waals surface area contributed by atoms with Crippen LogP contribution in [0.4, 0.5) is 37.7 Å². The Morgan fingerprint density at radius 3 is 2.21 bits per heavy atom. The van der Waals surface area contributed by atoms with Gasteiger partial charge in [0.25, 0.3) is 10.0 Å². The van der Waals surface area contributed by atoms with Crippen molar-refractivity contribution >= 4 is 27.2 Å². The number of nitrogens with one attached hydrogen (secondary N) is 2. The van der Waals surface area contributed by atoms with Crippen molar-refractivity contribution in [3.05, 3.63) is 88.5 Å². The first-order valence-electron chi connectivity index (χ1n) is 13.0. The molecule has 2 heterocycles. The van der Waals surface area contributed by atoms with E-state index in [0.717, 1.165) is 5.56 Å². The van der Waals surface area contributed by atoms with Gasteiger partial charge in [0.15, 0.2) is 5.78 Å². The third-order valence-corrected chi connectivity index (χ3v) is 8.86. The summed E-state index contributed by atoms with van der Waals surface area (Å²) in [6, 6.07) is 12.2. The molecule has 42 heavy (non-hydrogen) atoms. The smallest absolute Gasteiger partial charge is 0.378 e. The standard InChI is InChI=1S/C29H26F6N2O4S/c1-15(2)26(38)17-5-3-16(4-6-17)25-20-11-12-41-27(20)21-14-19(8-10-24(21)36-25)42(39,40)37-18-7-9-22(28(30,31)32)23(13-18)29(33,34)35/h3-10,13-15,20,25,27,36-37H,11-12H2,1-2H3/t20-,25-,27-/m0/s1. The normalized spacial score (nSPS) is 20.5. The summed E-state index contributed by atoms with van der Waals surface area (Å²) in [5.74, 6) is -0.202. The van der Waals surface area contributed by atoms with Crippen LogP contribution >= 0.6 is 0 Å². The summed E-state index contributed by atoms with van der Waals surface area (Å²) in [5.41, 5.74) is -1.94. The molecule has 2 aliphatic heterocycles. The number of carbonyl (C=O) groups is 1. The van der Waals surface area contributed by atoms with Crippen LogP contribution in [0.2, 0.25) is 0 Å². The lowest BCUT2D eigenvalue weighted by Crippen LogP contribution is -2.29. The van der Waals surface area contributed by atoms with Crippen molar-refractivity contribution in [1.29, 1.82) is 0 Å². The molecule has 1 saturated heterocycles. The molecular formula is C29H26F6N2O4S. The Bertz CT molecular complexity index is 1620. The van der Waals surface area contributed by atoms with Crippen LogP contribution < -0.4 is 10.0 Å². The number of hydrogen-bond acceptors (Lipinski definition) is 5. The van der Waals surface area contributed by atoms with Crippen LogP contribution in [0.15, 0.2) is 65.6 Å². The van der Waals surface area contributed by atoms with Crippen LogP contribution in [-0.2, 0) is 27.1 Å². The van der Waals surface area contributed by atoms with Crippen LogP contribution in [0.3, 0.4) is 0 Å². The van der Waals surface area contributed by atoms with Gasteiger partial charge in [0.05, 0.1) is 28.2 Å². The minimum atomic E-state index is -5.36. The first kappa shape index (κ1) is 29.9. The number of fused-ring (bicyclic) bond motifs is 3. The molecule has 2 aliphatic rings. The maximum atomic E-state index is 13.4. The molecular weight excluding hydrogens is 586 g/mol. The van der Waals surface area contributed by atoms with E-state index in [0.29, 0.717) is 35.9 Å². The van der Waals surface area contributed by atoms with Crippen LogP contribution in [-0.4, -0.2) is 20.8 Å². The Morgan fingerprint density at radius 2 is 1.60 bits per heavy atom. The lowest BCUT2D eigenvalue weighted by Gasteiger charge is -2.36. The molecule has 6 nitrogen and oxygen atoms in total. The second-order valence-electron chi connectivity index (χ2n) is 10.6. The maximum Gasteiger partial charge on any atom is 0.417 e. The van der Waals surface area contributed by atoms with Gasteiger partial charge in [0, 0.05) is 40.9 Å². The quantitative estimate of drug-likeness (QED) is 0.221. The molecule has 0 bridgehead atoms. The zero-order valence-corrected chi connectivity index (χ0v) is 23.1. The molecule has 0 radical (unpaired) electrons. The van der Waals surface area contributed by atoms with Gasteiger partial charge in [0.1, 0.15) is 0 Å². The van der Waals surface area contributed by atoms with Crippen LogP contribution in [0.25, 0.3) is 0 Å². The monoisotopic (exact) mass is 612 g/mol. The Balaban J connectivity index is 1.43. The molecule has 0 aromatic heterocycles. The number of benzene rings is 3. The van der Waals surface area contributed by atoms with E-state index in [-0.39, 0.29) is 40.7 Å². The van der Waals surface area contributed by atoms with Gasteiger partial charge in [-0.05, 0) is 48.4 Å². The van der Waals surface area contributed by atoms with Crippen LogP contribution in [0.1, 0.15) is 65.0 Å². The SMILES string of the molecule is CC(C)C(=O)c1ccc([C@@H]2Nc3ccc(S(=O)(=O)Nc4ccc(C(F)(F)F)c(C(F)(F)F)c4)cc3[C@H]3OCC[C@H]32)cc1. The zero-order valence-electron chi connectivity index (χ0n) is 22.3. The lowest BCUT2D eigenvalue weighted by atomic mass is 9.81. The van der Waals surface area contributed by atoms with Gasteiger partial charge in [-0.3, -0.25) is 9.52 Å². The van der Waals surface area contributed by atoms with E-state index >= 15 is 0 Å². The van der Waals surface area contributed by atoms with Crippen molar-refractivity contribution in [1.82, 2.24) is 0 Å². The van der Waals surface area contributed by atoms with E-state index in [4.69, 9.17) is 4.74 Å². The first-order valence-corrected chi connectivity index (χ1v) is 14.5. The number of ketones is 1. The summed E-state index contributed by atoms with van der Waals surface area (Å²) < 4.78 is 114. The van der Waals surface area contributed by atoms with Gasteiger partial charge in [-0.25, -0.2) is 8.42 Å². The second kappa shape index (κ2) is 10.6. The summed E-state index contributed by atoms with van der Waals surface area (Å²) in [7, 11) is -4.49. The Hall–Kier alpha value is -3.58. The van der Waals surface area contributed by atoms with Gasteiger partial charge < -0.3 is 10.1 Å². The average Bonchev–Trinajstić information content (AvgIpc) is 3.41. The molecule has 0 aliphatic carbocycles. The zero-order chi connectivity index (χ0) is 30.6. The van der Waals surface area contributed by atoms with E-state index in [2.05, 4.69) is 5.32 Å². The number of hydrogen-bond donors (Lipinski definition) is 2. The molecule has 2 N–H and O–H groups in total. The van der Waals surface area contributed by atoms with Gasteiger partial charge in [-0.1, -0.05) is 38.1 Å². The number of carbonyl (C=O) groups excluding carboxylic acids is 1. The Labute approximate surface area is 238 Å². The number of Topliss-reactive ketones (excluding diaryl/α,β-unsaturated/α-hetero) is 1. The molecule has 3 atom stereocenters. The minimum absolute atomic E-state index is 0.0267. The van der Waals surface area contributed by atoms with Crippen molar-refractivity contribution in [2.75, 3.05) is 16.6 Å². The third-order valence-electron chi connectivity index (χ3n) is 7.48. The average molecular weight is 613 g/mol. The number of halogens is 6.